The minimum Gasteiger partial charge on any atom is -0.453 e. The predicted octanol–water partition coefficient (Wildman–Crippen LogP) is 1.02. The Morgan fingerprint density at radius 2 is 2.09 bits per heavy atom. The monoisotopic (exact) mass is 428 g/mol. The van der Waals surface area contributed by atoms with Crippen molar-refractivity contribution in [1.29, 1.82) is 0 Å². The van der Waals surface area contributed by atoms with E-state index in [1.165, 1.54) is 7.11 Å². The van der Waals surface area contributed by atoms with Crippen LogP contribution >= 0.6 is 24.0 Å². The van der Waals surface area contributed by atoms with Crippen LogP contribution in [0.1, 0.15) is 26.7 Å². The van der Waals surface area contributed by atoms with Crippen molar-refractivity contribution in [3.63, 3.8) is 0 Å². The average Bonchev–Trinajstić information content (AvgIpc) is 2.52. The molecule has 1 atom stereocenters. The third-order valence-corrected chi connectivity index (χ3v) is 3.49. The first-order chi connectivity index (χ1) is 10.1. The minimum absolute atomic E-state index is 0. The summed E-state index contributed by atoms with van der Waals surface area (Å²) >= 11 is 0. The third-order valence-electron chi connectivity index (χ3n) is 3.49. The Morgan fingerprint density at radius 3 is 2.59 bits per heavy atom. The number of piperidine rings is 1. The molecule has 1 rings (SSSR count). The molecule has 1 fully saturated rings. The van der Waals surface area contributed by atoms with E-state index in [4.69, 9.17) is 9.84 Å². The second-order valence-electron chi connectivity index (χ2n) is 5.38. The number of aliphatic hydroxyl groups is 1. The molecule has 0 radical (unpaired) electrons. The lowest BCUT2D eigenvalue weighted by molar-refractivity contribution is 0.111. The number of amides is 1. The highest BCUT2D eigenvalue weighted by atomic mass is 127. The molecule has 8 heteroatoms. The molecular formula is C14H29IN4O3. The number of rotatable bonds is 5. The predicted molar refractivity (Wildman–Crippen MR) is 97.8 cm³/mol. The first-order valence-electron chi connectivity index (χ1n) is 7.59. The summed E-state index contributed by atoms with van der Waals surface area (Å²) in [6.45, 7) is 6.88. The van der Waals surface area contributed by atoms with Crippen molar-refractivity contribution in [3.8, 4) is 0 Å². The van der Waals surface area contributed by atoms with E-state index in [-0.39, 0.29) is 42.6 Å². The van der Waals surface area contributed by atoms with Gasteiger partial charge in [-0.05, 0) is 25.7 Å². The van der Waals surface area contributed by atoms with Crippen molar-refractivity contribution in [3.05, 3.63) is 0 Å². The maximum Gasteiger partial charge on any atom is 0.409 e. The molecule has 0 aromatic carbocycles. The Kier molecular flexibility index (Phi) is 11.3. The van der Waals surface area contributed by atoms with Crippen molar-refractivity contribution < 1.29 is 14.6 Å². The van der Waals surface area contributed by atoms with Crippen LogP contribution in [0.3, 0.4) is 0 Å². The Labute approximate surface area is 149 Å². The fourth-order valence-electron chi connectivity index (χ4n) is 2.15. The van der Waals surface area contributed by atoms with Gasteiger partial charge in [0, 0.05) is 38.8 Å². The molecule has 1 amide bonds. The molecule has 0 aliphatic carbocycles. The highest BCUT2D eigenvalue weighted by Crippen LogP contribution is 2.11. The zero-order chi connectivity index (χ0) is 15.7. The number of hydrogen-bond acceptors (Lipinski definition) is 4. The summed E-state index contributed by atoms with van der Waals surface area (Å²) in [5.41, 5.74) is 0. The number of methoxy groups -OCH3 is 1. The SMILES string of the molecule is CCNC(=NCC(C)CO)NC1CCN(C(=O)OC)CC1.I. The summed E-state index contributed by atoms with van der Waals surface area (Å²) in [4.78, 5) is 17.6. The maximum atomic E-state index is 11.4. The number of likely N-dealkylation sites (tertiary alicyclic amines) is 1. The van der Waals surface area contributed by atoms with E-state index in [1.807, 2.05) is 13.8 Å². The molecule has 1 unspecified atom stereocenters. The molecular weight excluding hydrogens is 399 g/mol. The third kappa shape index (κ3) is 7.48. The van der Waals surface area contributed by atoms with Crippen LogP contribution in [0.15, 0.2) is 4.99 Å². The number of nitrogens with zero attached hydrogens (tertiary/aromatic N) is 2. The number of ether oxygens (including phenoxy) is 1. The number of carbonyl (C=O) groups excluding carboxylic acids is 1. The highest BCUT2D eigenvalue weighted by molar-refractivity contribution is 14.0. The molecule has 0 aromatic heterocycles. The second-order valence-corrected chi connectivity index (χ2v) is 5.38. The summed E-state index contributed by atoms with van der Waals surface area (Å²) in [6.07, 6.45) is 1.48. The largest absolute Gasteiger partial charge is 0.453 e. The van der Waals surface area contributed by atoms with Gasteiger partial charge in [-0.3, -0.25) is 4.99 Å². The number of carbonyl (C=O) groups is 1. The standard InChI is InChI=1S/C14H28N4O3.HI/c1-4-15-13(16-9-11(2)10-19)17-12-5-7-18(8-6-12)14(20)21-3;/h11-12,19H,4-10H2,1-3H3,(H2,15,16,17);1H. The van der Waals surface area contributed by atoms with Crippen molar-refractivity contribution in [2.75, 3.05) is 39.9 Å². The first kappa shape index (κ1) is 21.2. The molecule has 0 spiro atoms. The van der Waals surface area contributed by atoms with Crippen LogP contribution in [0.4, 0.5) is 4.79 Å². The maximum absolute atomic E-state index is 11.4. The fourth-order valence-corrected chi connectivity index (χ4v) is 2.15. The van der Waals surface area contributed by atoms with Gasteiger partial charge in [0.25, 0.3) is 0 Å². The number of guanidine groups is 1. The minimum atomic E-state index is -0.259. The van der Waals surface area contributed by atoms with Gasteiger partial charge in [0.2, 0.25) is 0 Å². The second kappa shape index (κ2) is 11.8. The van der Waals surface area contributed by atoms with Gasteiger partial charge in [0.15, 0.2) is 5.96 Å². The average molecular weight is 428 g/mol. The Hall–Kier alpha value is -0.770. The van der Waals surface area contributed by atoms with Crippen LogP contribution < -0.4 is 10.6 Å². The van der Waals surface area contributed by atoms with E-state index in [0.29, 0.717) is 25.7 Å². The van der Waals surface area contributed by atoms with Gasteiger partial charge in [-0.15, -0.1) is 24.0 Å². The van der Waals surface area contributed by atoms with Crippen molar-refractivity contribution in [2.24, 2.45) is 10.9 Å². The summed E-state index contributed by atoms with van der Waals surface area (Å²) in [7, 11) is 1.41. The molecule has 0 bridgehead atoms. The van der Waals surface area contributed by atoms with Crippen LogP contribution in [0, 0.1) is 5.92 Å². The molecule has 1 aliphatic rings. The van der Waals surface area contributed by atoms with Gasteiger partial charge in [0.1, 0.15) is 0 Å². The topological polar surface area (TPSA) is 86.2 Å². The van der Waals surface area contributed by atoms with Gasteiger partial charge < -0.3 is 25.4 Å². The highest BCUT2D eigenvalue weighted by Gasteiger charge is 2.23. The molecule has 3 N–H and O–H groups in total. The first-order valence-corrected chi connectivity index (χ1v) is 7.59. The Morgan fingerprint density at radius 1 is 1.45 bits per heavy atom. The van der Waals surface area contributed by atoms with E-state index in [2.05, 4.69) is 15.6 Å². The van der Waals surface area contributed by atoms with Crippen LogP contribution in [0.25, 0.3) is 0 Å². The summed E-state index contributed by atoms with van der Waals surface area (Å²) in [6, 6.07) is 0.299. The molecule has 7 nitrogen and oxygen atoms in total. The van der Waals surface area contributed by atoms with Gasteiger partial charge in [0.05, 0.1) is 7.11 Å². The van der Waals surface area contributed by atoms with E-state index in [0.717, 1.165) is 25.3 Å². The zero-order valence-corrected chi connectivity index (χ0v) is 16.0. The number of halogens is 1. The van der Waals surface area contributed by atoms with Gasteiger partial charge in [-0.2, -0.15) is 0 Å². The van der Waals surface area contributed by atoms with Crippen LogP contribution in [-0.4, -0.2) is 68.0 Å². The van der Waals surface area contributed by atoms with Gasteiger partial charge in [-0.1, -0.05) is 6.92 Å². The lowest BCUT2D eigenvalue weighted by atomic mass is 10.1. The summed E-state index contributed by atoms with van der Waals surface area (Å²) < 4.78 is 4.73. The zero-order valence-electron chi connectivity index (χ0n) is 13.7. The van der Waals surface area contributed by atoms with Crippen LogP contribution in [0.2, 0.25) is 0 Å². The number of aliphatic imine (C=N–C) groups is 1. The molecule has 1 aliphatic heterocycles. The molecule has 22 heavy (non-hydrogen) atoms. The lowest BCUT2D eigenvalue weighted by Crippen LogP contribution is -2.49. The van der Waals surface area contributed by atoms with E-state index < -0.39 is 0 Å². The van der Waals surface area contributed by atoms with E-state index >= 15 is 0 Å². The quantitative estimate of drug-likeness (QED) is 0.346. The Balaban J connectivity index is 0.00000441. The van der Waals surface area contributed by atoms with Crippen LogP contribution in [0.5, 0.6) is 0 Å². The van der Waals surface area contributed by atoms with Crippen molar-refractivity contribution in [2.45, 2.75) is 32.7 Å². The normalized spacial score (nSPS) is 17.5. The number of nitrogens with one attached hydrogen (secondary N) is 2. The summed E-state index contributed by atoms with van der Waals surface area (Å²) in [5, 5.41) is 15.6. The number of aliphatic hydroxyl groups excluding tert-OH is 1. The molecule has 130 valence electrons. The molecule has 0 saturated carbocycles. The van der Waals surface area contributed by atoms with Gasteiger partial charge in [-0.25, -0.2) is 4.79 Å². The van der Waals surface area contributed by atoms with Crippen molar-refractivity contribution >= 4 is 36.0 Å². The Bertz CT molecular complexity index is 347. The lowest BCUT2D eigenvalue weighted by Gasteiger charge is -2.32. The van der Waals surface area contributed by atoms with Gasteiger partial charge >= 0.3 is 6.09 Å². The van der Waals surface area contributed by atoms with Crippen molar-refractivity contribution in [1.82, 2.24) is 15.5 Å². The summed E-state index contributed by atoms with van der Waals surface area (Å²) in [5.74, 6) is 0.927. The molecule has 0 aromatic rings. The van der Waals surface area contributed by atoms with Crippen LogP contribution in [-0.2, 0) is 4.74 Å². The molecule has 1 heterocycles. The van der Waals surface area contributed by atoms with E-state index in [9.17, 15) is 4.79 Å². The van der Waals surface area contributed by atoms with E-state index in [1.54, 1.807) is 4.90 Å². The number of hydrogen-bond donors (Lipinski definition) is 3. The molecule has 1 saturated heterocycles. The fraction of sp³-hybridized carbons (Fsp3) is 0.857. The smallest absolute Gasteiger partial charge is 0.409 e.